The number of nitrogens with one attached hydrogen (secondary N) is 1. The van der Waals surface area contributed by atoms with E-state index in [1.807, 2.05) is 0 Å². The number of benzene rings is 1. The Labute approximate surface area is 100 Å². The molecule has 2 heteroatoms. The van der Waals surface area contributed by atoms with Crippen LogP contribution in [0.1, 0.15) is 26.7 Å². The van der Waals surface area contributed by atoms with Gasteiger partial charge in [-0.1, -0.05) is 32.8 Å². The minimum absolute atomic E-state index is 0.799. The quantitative estimate of drug-likeness (QED) is 0.806. The SMILES string of the molecule is CCC(CC)CNc1cccc(I)c1. The van der Waals surface area contributed by atoms with Gasteiger partial charge in [-0.3, -0.25) is 0 Å². The van der Waals surface area contributed by atoms with Crippen molar-refractivity contribution in [1.82, 2.24) is 0 Å². The van der Waals surface area contributed by atoms with Crippen molar-refractivity contribution in [2.75, 3.05) is 11.9 Å². The van der Waals surface area contributed by atoms with E-state index in [0.29, 0.717) is 0 Å². The van der Waals surface area contributed by atoms with Crippen LogP contribution in [0.4, 0.5) is 5.69 Å². The van der Waals surface area contributed by atoms with Gasteiger partial charge in [-0.25, -0.2) is 0 Å². The molecule has 1 N–H and O–H groups in total. The fourth-order valence-electron chi connectivity index (χ4n) is 1.44. The maximum absolute atomic E-state index is 3.48. The highest BCUT2D eigenvalue weighted by molar-refractivity contribution is 14.1. The largest absolute Gasteiger partial charge is 0.385 e. The molecule has 0 spiro atoms. The molecule has 0 amide bonds. The first-order valence-corrected chi connectivity index (χ1v) is 6.33. The van der Waals surface area contributed by atoms with Gasteiger partial charge in [0, 0.05) is 15.8 Å². The molecule has 1 aromatic rings. The summed E-state index contributed by atoms with van der Waals surface area (Å²) in [5.74, 6) is 0.799. The number of halogens is 1. The van der Waals surface area contributed by atoms with Crippen molar-refractivity contribution in [3.8, 4) is 0 Å². The zero-order valence-electron chi connectivity index (χ0n) is 8.89. The molecule has 0 aliphatic rings. The third-order valence-corrected chi connectivity index (χ3v) is 3.25. The summed E-state index contributed by atoms with van der Waals surface area (Å²) in [6, 6.07) is 8.52. The van der Waals surface area contributed by atoms with Crippen molar-refractivity contribution in [1.29, 1.82) is 0 Å². The van der Waals surface area contributed by atoms with E-state index in [1.165, 1.54) is 22.1 Å². The lowest BCUT2D eigenvalue weighted by Crippen LogP contribution is -2.12. The first kappa shape index (κ1) is 11.8. The number of hydrogen-bond acceptors (Lipinski definition) is 1. The van der Waals surface area contributed by atoms with Crippen LogP contribution >= 0.6 is 22.6 Å². The zero-order chi connectivity index (χ0) is 10.4. The van der Waals surface area contributed by atoms with Gasteiger partial charge >= 0.3 is 0 Å². The van der Waals surface area contributed by atoms with Crippen LogP contribution in [0.5, 0.6) is 0 Å². The van der Waals surface area contributed by atoms with Gasteiger partial charge in [0.25, 0.3) is 0 Å². The van der Waals surface area contributed by atoms with Gasteiger partial charge in [0.15, 0.2) is 0 Å². The van der Waals surface area contributed by atoms with Crippen LogP contribution in [-0.2, 0) is 0 Å². The van der Waals surface area contributed by atoms with E-state index in [-0.39, 0.29) is 0 Å². The van der Waals surface area contributed by atoms with Gasteiger partial charge in [0.2, 0.25) is 0 Å². The summed E-state index contributed by atoms with van der Waals surface area (Å²) in [7, 11) is 0. The lowest BCUT2D eigenvalue weighted by atomic mass is 10.0. The molecule has 0 bridgehead atoms. The molecule has 78 valence electrons. The van der Waals surface area contributed by atoms with Crippen molar-refractivity contribution >= 4 is 28.3 Å². The molecular weight excluding hydrogens is 285 g/mol. The Kier molecular flexibility index (Phi) is 5.30. The normalized spacial score (nSPS) is 10.6. The van der Waals surface area contributed by atoms with Crippen LogP contribution in [0, 0.1) is 9.49 Å². The molecule has 0 saturated carbocycles. The lowest BCUT2D eigenvalue weighted by Gasteiger charge is -2.14. The van der Waals surface area contributed by atoms with E-state index >= 15 is 0 Å². The van der Waals surface area contributed by atoms with E-state index in [1.54, 1.807) is 0 Å². The Morgan fingerprint density at radius 3 is 2.57 bits per heavy atom. The lowest BCUT2D eigenvalue weighted by molar-refractivity contribution is 0.519. The van der Waals surface area contributed by atoms with E-state index in [4.69, 9.17) is 0 Å². The number of hydrogen-bond donors (Lipinski definition) is 1. The molecule has 0 aliphatic heterocycles. The molecule has 0 fully saturated rings. The second-order valence-electron chi connectivity index (χ2n) is 3.57. The van der Waals surface area contributed by atoms with Crippen LogP contribution in [0.25, 0.3) is 0 Å². The number of anilines is 1. The summed E-state index contributed by atoms with van der Waals surface area (Å²) in [6.45, 7) is 5.60. The molecule has 0 radical (unpaired) electrons. The van der Waals surface area contributed by atoms with E-state index in [2.05, 4.69) is 66.0 Å². The van der Waals surface area contributed by atoms with Crippen molar-refractivity contribution in [2.24, 2.45) is 5.92 Å². The zero-order valence-corrected chi connectivity index (χ0v) is 11.0. The number of rotatable bonds is 5. The molecule has 1 nitrogen and oxygen atoms in total. The summed E-state index contributed by atoms with van der Waals surface area (Å²) in [5.41, 5.74) is 1.24. The molecule has 0 atom stereocenters. The van der Waals surface area contributed by atoms with Crippen molar-refractivity contribution < 1.29 is 0 Å². The summed E-state index contributed by atoms with van der Waals surface area (Å²) in [4.78, 5) is 0. The highest BCUT2D eigenvalue weighted by atomic mass is 127. The third-order valence-electron chi connectivity index (χ3n) is 2.57. The predicted molar refractivity (Wildman–Crippen MR) is 71.7 cm³/mol. The highest BCUT2D eigenvalue weighted by Crippen LogP contribution is 2.14. The Hall–Kier alpha value is -0.250. The Balaban J connectivity index is 2.44. The second kappa shape index (κ2) is 6.27. The monoisotopic (exact) mass is 303 g/mol. The summed E-state index contributed by atoms with van der Waals surface area (Å²) < 4.78 is 1.29. The maximum Gasteiger partial charge on any atom is 0.0350 e. The fraction of sp³-hybridized carbons (Fsp3) is 0.500. The van der Waals surface area contributed by atoms with Crippen LogP contribution < -0.4 is 5.32 Å². The van der Waals surface area contributed by atoms with Gasteiger partial charge in [0.05, 0.1) is 0 Å². The molecule has 0 unspecified atom stereocenters. The van der Waals surface area contributed by atoms with E-state index < -0.39 is 0 Å². The molecule has 14 heavy (non-hydrogen) atoms. The first-order chi connectivity index (χ1) is 6.76. The van der Waals surface area contributed by atoms with Crippen molar-refractivity contribution in [3.63, 3.8) is 0 Å². The van der Waals surface area contributed by atoms with Gasteiger partial charge in [-0.15, -0.1) is 0 Å². The van der Waals surface area contributed by atoms with Crippen molar-refractivity contribution in [2.45, 2.75) is 26.7 Å². The van der Waals surface area contributed by atoms with Gasteiger partial charge in [-0.05, 0) is 46.7 Å². The van der Waals surface area contributed by atoms with Gasteiger partial charge in [-0.2, -0.15) is 0 Å². The Bertz CT molecular complexity index is 269. The van der Waals surface area contributed by atoms with Crippen LogP contribution in [0.2, 0.25) is 0 Å². The molecule has 0 heterocycles. The Morgan fingerprint density at radius 1 is 1.29 bits per heavy atom. The Morgan fingerprint density at radius 2 is 2.00 bits per heavy atom. The maximum atomic E-state index is 3.48. The highest BCUT2D eigenvalue weighted by Gasteiger charge is 2.02. The van der Waals surface area contributed by atoms with E-state index in [9.17, 15) is 0 Å². The van der Waals surface area contributed by atoms with Crippen molar-refractivity contribution in [3.05, 3.63) is 27.8 Å². The topological polar surface area (TPSA) is 12.0 Å². The standard InChI is InChI=1S/C12H18IN/c1-3-10(4-2)9-14-12-7-5-6-11(13)8-12/h5-8,10,14H,3-4,9H2,1-2H3. The van der Waals surface area contributed by atoms with Gasteiger partial charge in [0.1, 0.15) is 0 Å². The average Bonchev–Trinajstić information content (AvgIpc) is 2.19. The molecular formula is C12H18IN. The summed E-state index contributed by atoms with van der Waals surface area (Å²) in [6.07, 6.45) is 2.51. The average molecular weight is 303 g/mol. The predicted octanol–water partition coefficient (Wildman–Crippen LogP) is 4.14. The summed E-state index contributed by atoms with van der Waals surface area (Å²) >= 11 is 2.34. The third kappa shape index (κ3) is 3.86. The smallest absolute Gasteiger partial charge is 0.0350 e. The van der Waals surface area contributed by atoms with Crippen LogP contribution in [0.3, 0.4) is 0 Å². The molecule has 0 aliphatic carbocycles. The molecule has 0 aromatic heterocycles. The summed E-state index contributed by atoms with van der Waals surface area (Å²) in [5, 5.41) is 3.48. The fourth-order valence-corrected chi connectivity index (χ4v) is 1.98. The minimum atomic E-state index is 0.799. The van der Waals surface area contributed by atoms with E-state index in [0.717, 1.165) is 12.5 Å². The molecule has 0 saturated heterocycles. The molecule has 1 rings (SSSR count). The minimum Gasteiger partial charge on any atom is -0.385 e. The van der Waals surface area contributed by atoms with Crippen LogP contribution in [-0.4, -0.2) is 6.54 Å². The first-order valence-electron chi connectivity index (χ1n) is 5.25. The van der Waals surface area contributed by atoms with Crippen LogP contribution in [0.15, 0.2) is 24.3 Å². The second-order valence-corrected chi connectivity index (χ2v) is 4.82. The van der Waals surface area contributed by atoms with Gasteiger partial charge < -0.3 is 5.32 Å². The molecule has 1 aromatic carbocycles.